The summed E-state index contributed by atoms with van der Waals surface area (Å²) >= 11 is 0. The first-order valence-corrected chi connectivity index (χ1v) is 9.60. The van der Waals surface area contributed by atoms with Gasteiger partial charge in [0.05, 0.1) is 18.5 Å². The number of nitrogens with two attached hydrogens (primary N) is 1. The van der Waals surface area contributed by atoms with E-state index in [-0.39, 0.29) is 29.4 Å². The van der Waals surface area contributed by atoms with Gasteiger partial charge >= 0.3 is 0 Å². The number of nitrogens with zero attached hydrogens (tertiary/aromatic N) is 2. The number of ether oxygens (including phenoxy) is 1. The first kappa shape index (κ1) is 20.7. The van der Waals surface area contributed by atoms with E-state index in [1.807, 2.05) is 0 Å². The van der Waals surface area contributed by atoms with Gasteiger partial charge in [-0.2, -0.15) is 0 Å². The second-order valence-electron chi connectivity index (χ2n) is 6.84. The van der Waals surface area contributed by atoms with E-state index in [1.165, 1.54) is 6.20 Å². The minimum atomic E-state index is -0.348. The molecule has 2 amide bonds. The van der Waals surface area contributed by atoms with Crippen molar-refractivity contribution in [3.05, 3.63) is 41.7 Å². The summed E-state index contributed by atoms with van der Waals surface area (Å²) in [7, 11) is 1.57. The third-order valence-corrected chi connectivity index (χ3v) is 4.66. The second-order valence-corrected chi connectivity index (χ2v) is 6.84. The third kappa shape index (κ3) is 5.49. The van der Waals surface area contributed by atoms with Gasteiger partial charge in [-0.25, -0.2) is 9.97 Å². The summed E-state index contributed by atoms with van der Waals surface area (Å²) < 4.78 is 4.94. The zero-order valence-electron chi connectivity index (χ0n) is 16.4. The summed E-state index contributed by atoms with van der Waals surface area (Å²) in [4.78, 5) is 33.4. The number of benzene rings is 1. The van der Waals surface area contributed by atoms with Gasteiger partial charge in [0, 0.05) is 37.4 Å². The van der Waals surface area contributed by atoms with E-state index >= 15 is 0 Å². The molecule has 29 heavy (non-hydrogen) atoms. The molecule has 1 aromatic carbocycles. The minimum Gasteiger partial charge on any atom is -0.383 e. The largest absolute Gasteiger partial charge is 0.383 e. The Kier molecular flexibility index (Phi) is 7.09. The fourth-order valence-corrected chi connectivity index (χ4v) is 3.12. The molecule has 0 aliphatic carbocycles. The highest BCUT2D eigenvalue weighted by molar-refractivity contribution is 5.97. The molecule has 1 aromatic heterocycles. The van der Waals surface area contributed by atoms with Crippen LogP contribution in [0, 0.1) is 0 Å². The quantitative estimate of drug-likeness (QED) is 0.502. The predicted octanol–water partition coefficient (Wildman–Crippen LogP) is 0.584. The fourth-order valence-electron chi connectivity index (χ4n) is 3.12. The molecule has 3 rings (SSSR count). The van der Waals surface area contributed by atoms with Gasteiger partial charge in [-0.3, -0.25) is 9.59 Å². The highest BCUT2D eigenvalue weighted by Crippen LogP contribution is 2.20. The molecule has 1 aliphatic rings. The van der Waals surface area contributed by atoms with E-state index in [2.05, 4.69) is 25.9 Å². The van der Waals surface area contributed by atoms with Crippen LogP contribution in [0.25, 0.3) is 11.3 Å². The number of rotatable bonds is 7. The molecule has 9 heteroatoms. The highest BCUT2D eigenvalue weighted by atomic mass is 16.5. The number of carbonyl (C=O) groups excluding carboxylic acids is 2. The Morgan fingerprint density at radius 1 is 1.34 bits per heavy atom. The van der Waals surface area contributed by atoms with Crippen molar-refractivity contribution in [3.8, 4) is 11.3 Å². The van der Waals surface area contributed by atoms with Gasteiger partial charge in [-0.1, -0.05) is 12.1 Å². The molecule has 9 nitrogen and oxygen atoms in total. The van der Waals surface area contributed by atoms with E-state index in [0.29, 0.717) is 30.0 Å². The number of nitrogen functional groups attached to an aromatic ring is 1. The van der Waals surface area contributed by atoms with Crippen molar-refractivity contribution in [1.82, 2.24) is 25.9 Å². The fraction of sp³-hybridized carbons (Fsp3) is 0.400. The van der Waals surface area contributed by atoms with Gasteiger partial charge in [0.2, 0.25) is 0 Å². The maximum atomic E-state index is 12.6. The lowest BCUT2D eigenvalue weighted by Gasteiger charge is -2.23. The summed E-state index contributed by atoms with van der Waals surface area (Å²) in [6.07, 6.45) is 3.41. The SMILES string of the molecule is COCCNC(=O)c1cccc(-c2cnc(N)c(C(=O)N[C@H]3CCCNC3)n2)c1. The molecule has 2 heterocycles. The van der Waals surface area contributed by atoms with E-state index in [4.69, 9.17) is 10.5 Å². The molecular weight excluding hydrogens is 372 g/mol. The Morgan fingerprint density at radius 2 is 2.21 bits per heavy atom. The van der Waals surface area contributed by atoms with Crippen molar-refractivity contribution in [2.75, 3.05) is 39.1 Å². The van der Waals surface area contributed by atoms with Crippen LogP contribution in [0.5, 0.6) is 0 Å². The standard InChI is InChI=1S/C20H26N6O3/c1-29-9-8-23-19(27)14-5-2-4-13(10-14)16-12-24-18(21)17(26-16)20(28)25-15-6-3-7-22-11-15/h2,4-5,10,12,15,22H,3,6-9,11H2,1H3,(H2,21,24)(H,23,27)(H,25,28)/t15-/m0/s1. The van der Waals surface area contributed by atoms with Crippen LogP contribution in [0.15, 0.2) is 30.5 Å². The number of anilines is 1. The second kappa shape index (κ2) is 9.94. The lowest BCUT2D eigenvalue weighted by Crippen LogP contribution is -2.46. The average molecular weight is 398 g/mol. The summed E-state index contributed by atoms with van der Waals surface area (Å²) in [5.74, 6) is -0.488. The molecule has 1 aliphatic heterocycles. The van der Waals surface area contributed by atoms with E-state index < -0.39 is 0 Å². The minimum absolute atomic E-state index is 0.0419. The molecule has 2 aromatic rings. The van der Waals surface area contributed by atoms with Crippen molar-refractivity contribution in [2.45, 2.75) is 18.9 Å². The van der Waals surface area contributed by atoms with Gasteiger partial charge in [0.15, 0.2) is 11.5 Å². The lowest BCUT2D eigenvalue weighted by molar-refractivity contribution is 0.0922. The topological polar surface area (TPSA) is 131 Å². The number of aromatic nitrogens is 2. The molecule has 1 atom stereocenters. The van der Waals surface area contributed by atoms with Crippen LogP contribution >= 0.6 is 0 Å². The molecule has 0 unspecified atom stereocenters. The normalized spacial score (nSPS) is 16.2. The first-order valence-electron chi connectivity index (χ1n) is 9.60. The Balaban J connectivity index is 1.77. The van der Waals surface area contributed by atoms with Crippen LogP contribution in [0.1, 0.15) is 33.7 Å². The summed E-state index contributed by atoms with van der Waals surface area (Å²) in [6, 6.07) is 7.01. The Bertz CT molecular complexity index is 867. The number of hydrogen-bond donors (Lipinski definition) is 4. The van der Waals surface area contributed by atoms with E-state index in [0.717, 1.165) is 25.9 Å². The van der Waals surface area contributed by atoms with Crippen LogP contribution in [-0.4, -0.2) is 61.2 Å². The van der Waals surface area contributed by atoms with Gasteiger partial charge in [0.25, 0.3) is 11.8 Å². The van der Waals surface area contributed by atoms with Gasteiger partial charge < -0.3 is 26.4 Å². The van der Waals surface area contributed by atoms with Crippen molar-refractivity contribution in [2.24, 2.45) is 0 Å². The number of amides is 2. The van der Waals surface area contributed by atoms with Crippen LogP contribution in [0.2, 0.25) is 0 Å². The third-order valence-electron chi connectivity index (χ3n) is 4.66. The molecule has 0 radical (unpaired) electrons. The van der Waals surface area contributed by atoms with Crippen LogP contribution < -0.4 is 21.7 Å². The Hall–Kier alpha value is -3.04. The molecule has 154 valence electrons. The number of methoxy groups -OCH3 is 1. The zero-order valence-corrected chi connectivity index (χ0v) is 16.4. The predicted molar refractivity (Wildman–Crippen MR) is 109 cm³/mol. The first-order chi connectivity index (χ1) is 14.1. The molecule has 1 saturated heterocycles. The van der Waals surface area contributed by atoms with Crippen LogP contribution in [0.3, 0.4) is 0 Å². The molecule has 5 N–H and O–H groups in total. The monoisotopic (exact) mass is 398 g/mol. The van der Waals surface area contributed by atoms with E-state index in [9.17, 15) is 9.59 Å². The van der Waals surface area contributed by atoms with Gasteiger partial charge in [-0.15, -0.1) is 0 Å². The zero-order chi connectivity index (χ0) is 20.6. The molecule has 0 spiro atoms. The van der Waals surface area contributed by atoms with Crippen molar-refractivity contribution in [3.63, 3.8) is 0 Å². The van der Waals surface area contributed by atoms with Crippen LogP contribution in [0.4, 0.5) is 5.82 Å². The number of nitrogens with one attached hydrogen (secondary N) is 3. The molecule has 0 bridgehead atoms. The van der Waals surface area contributed by atoms with Gasteiger partial charge in [0.1, 0.15) is 0 Å². The van der Waals surface area contributed by atoms with Crippen molar-refractivity contribution in [1.29, 1.82) is 0 Å². The maximum absolute atomic E-state index is 12.6. The Labute approximate surface area is 169 Å². The number of carbonyl (C=O) groups is 2. The van der Waals surface area contributed by atoms with Crippen LogP contribution in [-0.2, 0) is 4.74 Å². The van der Waals surface area contributed by atoms with E-state index in [1.54, 1.807) is 31.4 Å². The molecule has 0 saturated carbocycles. The Morgan fingerprint density at radius 3 is 2.97 bits per heavy atom. The van der Waals surface area contributed by atoms with Crippen molar-refractivity contribution >= 4 is 17.6 Å². The summed E-state index contributed by atoms with van der Waals surface area (Å²) in [6.45, 7) is 2.53. The smallest absolute Gasteiger partial charge is 0.274 e. The maximum Gasteiger partial charge on any atom is 0.274 e. The summed E-state index contributed by atoms with van der Waals surface area (Å²) in [5, 5.41) is 8.98. The number of piperidine rings is 1. The highest BCUT2D eigenvalue weighted by Gasteiger charge is 2.20. The molecule has 1 fully saturated rings. The van der Waals surface area contributed by atoms with Crippen molar-refractivity contribution < 1.29 is 14.3 Å². The molecular formula is C20H26N6O3. The average Bonchev–Trinajstić information content (AvgIpc) is 2.75. The number of hydrogen-bond acceptors (Lipinski definition) is 7. The summed E-state index contributed by atoms with van der Waals surface area (Å²) in [5.41, 5.74) is 7.60. The lowest BCUT2D eigenvalue weighted by atomic mass is 10.1. The van der Waals surface area contributed by atoms with Gasteiger partial charge in [-0.05, 0) is 31.5 Å².